The third kappa shape index (κ3) is 2.40. The Morgan fingerprint density at radius 3 is 2.60 bits per heavy atom. The zero-order valence-electron chi connectivity index (χ0n) is 6.65. The van der Waals surface area contributed by atoms with Gasteiger partial charge in [0.05, 0.1) is 0 Å². The Morgan fingerprint density at radius 1 is 1.50 bits per heavy atom. The van der Waals surface area contributed by atoms with Gasteiger partial charge < -0.3 is 0 Å². The normalized spacial score (nSPS) is 22.2. The number of halogens is 1. The van der Waals surface area contributed by atoms with Gasteiger partial charge in [-0.3, -0.25) is 0 Å². The summed E-state index contributed by atoms with van der Waals surface area (Å²) < 4.78 is 0. The van der Waals surface area contributed by atoms with E-state index in [4.69, 9.17) is 11.2 Å². The summed E-state index contributed by atoms with van der Waals surface area (Å²) in [6, 6.07) is 0. The van der Waals surface area contributed by atoms with Gasteiger partial charge in [-0.15, -0.1) is 0 Å². The lowest BCUT2D eigenvalue weighted by molar-refractivity contribution is 0.516. The molecule has 1 aliphatic carbocycles. The summed E-state index contributed by atoms with van der Waals surface area (Å²) in [7, 11) is -0.0887. The van der Waals surface area contributed by atoms with E-state index >= 15 is 0 Å². The number of hydrogen-bond acceptors (Lipinski definition) is 0. The molecule has 1 saturated carbocycles. The van der Waals surface area contributed by atoms with Gasteiger partial charge >= 0.3 is 0 Å². The SMILES string of the molecule is CCCCP(Cl)C1CCC1. The fourth-order valence-electron chi connectivity index (χ4n) is 1.16. The molecule has 0 heterocycles. The smallest absolute Gasteiger partial charge is 0.00656 e. The van der Waals surface area contributed by atoms with Gasteiger partial charge in [-0.25, -0.2) is 0 Å². The molecule has 0 nitrogen and oxygen atoms in total. The highest BCUT2D eigenvalue weighted by atomic mass is 35.7. The Morgan fingerprint density at radius 2 is 2.20 bits per heavy atom. The predicted molar refractivity (Wildman–Crippen MR) is 50.2 cm³/mol. The van der Waals surface area contributed by atoms with Gasteiger partial charge in [0, 0.05) is 0 Å². The molecule has 2 heteroatoms. The second kappa shape index (κ2) is 4.57. The van der Waals surface area contributed by atoms with Crippen molar-refractivity contribution in [2.24, 2.45) is 0 Å². The standard InChI is InChI=1S/C8H16ClP/c1-2-3-7-10(9)8-5-4-6-8/h8H,2-7H2,1H3. The van der Waals surface area contributed by atoms with E-state index in [9.17, 15) is 0 Å². The van der Waals surface area contributed by atoms with Crippen LogP contribution in [0, 0.1) is 0 Å². The molecule has 0 amide bonds. The van der Waals surface area contributed by atoms with Gasteiger partial charge in [-0.1, -0.05) is 31.0 Å². The minimum atomic E-state index is -0.0887. The summed E-state index contributed by atoms with van der Waals surface area (Å²) in [5, 5.41) is 0. The summed E-state index contributed by atoms with van der Waals surface area (Å²) in [4.78, 5) is 0. The van der Waals surface area contributed by atoms with Gasteiger partial charge in [0.15, 0.2) is 0 Å². The summed E-state index contributed by atoms with van der Waals surface area (Å²) in [6.07, 6.45) is 8.21. The van der Waals surface area contributed by atoms with Crippen molar-refractivity contribution in [3.05, 3.63) is 0 Å². The van der Waals surface area contributed by atoms with Crippen molar-refractivity contribution in [3.63, 3.8) is 0 Å². The van der Waals surface area contributed by atoms with Gasteiger partial charge in [-0.05, 0) is 38.4 Å². The fraction of sp³-hybridized carbons (Fsp3) is 1.00. The Bertz CT molecular complexity index is 91.3. The predicted octanol–water partition coefficient (Wildman–Crippen LogP) is 3.97. The molecule has 0 aliphatic heterocycles. The Labute approximate surface area is 69.9 Å². The van der Waals surface area contributed by atoms with Gasteiger partial charge in [0.2, 0.25) is 0 Å². The molecule has 0 aromatic carbocycles. The first kappa shape index (κ1) is 8.81. The molecule has 1 unspecified atom stereocenters. The molecule has 0 aromatic rings. The fourth-order valence-corrected chi connectivity index (χ4v) is 4.01. The highest BCUT2D eigenvalue weighted by molar-refractivity contribution is 7.84. The average molecular weight is 179 g/mol. The number of unbranched alkanes of at least 4 members (excludes halogenated alkanes) is 1. The third-order valence-electron chi connectivity index (χ3n) is 2.20. The molecule has 10 heavy (non-hydrogen) atoms. The number of hydrogen-bond donors (Lipinski definition) is 0. The average Bonchev–Trinajstić information content (AvgIpc) is 1.79. The van der Waals surface area contributed by atoms with Crippen LogP contribution in [0.3, 0.4) is 0 Å². The Kier molecular flexibility index (Phi) is 4.03. The second-order valence-corrected chi connectivity index (χ2v) is 6.34. The van der Waals surface area contributed by atoms with Crippen molar-refractivity contribution in [2.45, 2.75) is 44.7 Å². The summed E-state index contributed by atoms with van der Waals surface area (Å²) >= 11 is 6.23. The van der Waals surface area contributed by atoms with Crippen LogP contribution in [0.15, 0.2) is 0 Å². The van der Waals surface area contributed by atoms with Crippen molar-refractivity contribution >= 4 is 18.5 Å². The quantitative estimate of drug-likeness (QED) is 0.572. The largest absolute Gasteiger partial charge is 0.0961 e. The van der Waals surface area contributed by atoms with Crippen LogP contribution < -0.4 is 0 Å². The van der Waals surface area contributed by atoms with E-state index in [0.29, 0.717) is 0 Å². The highest BCUT2D eigenvalue weighted by Crippen LogP contribution is 2.54. The molecule has 60 valence electrons. The van der Waals surface area contributed by atoms with Crippen LogP contribution in [0.4, 0.5) is 0 Å². The van der Waals surface area contributed by atoms with E-state index in [1.807, 2.05) is 0 Å². The molecular weight excluding hydrogens is 163 g/mol. The van der Waals surface area contributed by atoms with E-state index < -0.39 is 0 Å². The molecule has 1 rings (SSSR count). The Hall–Kier alpha value is 0.720. The van der Waals surface area contributed by atoms with Gasteiger partial charge in [0.1, 0.15) is 0 Å². The molecule has 1 aliphatic rings. The zero-order chi connectivity index (χ0) is 7.40. The van der Waals surface area contributed by atoms with Crippen LogP contribution in [0.1, 0.15) is 39.0 Å². The second-order valence-electron chi connectivity index (χ2n) is 3.06. The van der Waals surface area contributed by atoms with Crippen molar-refractivity contribution in [1.29, 1.82) is 0 Å². The van der Waals surface area contributed by atoms with Crippen LogP contribution in [-0.2, 0) is 0 Å². The van der Waals surface area contributed by atoms with Crippen molar-refractivity contribution in [3.8, 4) is 0 Å². The van der Waals surface area contributed by atoms with E-state index in [2.05, 4.69) is 6.92 Å². The molecule has 0 N–H and O–H groups in total. The summed E-state index contributed by atoms with van der Waals surface area (Å²) in [5.41, 5.74) is 0.934. The molecule has 0 saturated heterocycles. The molecule has 0 radical (unpaired) electrons. The Balaban J connectivity index is 2.02. The van der Waals surface area contributed by atoms with Crippen LogP contribution in [-0.4, -0.2) is 11.8 Å². The lowest BCUT2D eigenvalue weighted by Gasteiger charge is -2.29. The van der Waals surface area contributed by atoms with Crippen LogP contribution in [0.25, 0.3) is 0 Å². The number of rotatable bonds is 4. The first-order valence-corrected chi connectivity index (χ1v) is 6.77. The van der Waals surface area contributed by atoms with Gasteiger partial charge in [0.25, 0.3) is 0 Å². The molecule has 1 atom stereocenters. The lowest BCUT2D eigenvalue weighted by atomic mass is 10.00. The van der Waals surface area contributed by atoms with Crippen molar-refractivity contribution in [1.82, 2.24) is 0 Å². The van der Waals surface area contributed by atoms with Gasteiger partial charge in [-0.2, -0.15) is 0 Å². The summed E-state index contributed by atoms with van der Waals surface area (Å²) in [6.45, 7) is 2.24. The lowest BCUT2D eigenvalue weighted by Crippen LogP contribution is -2.14. The maximum absolute atomic E-state index is 6.23. The minimum absolute atomic E-state index is 0.0887. The monoisotopic (exact) mass is 178 g/mol. The summed E-state index contributed by atoms with van der Waals surface area (Å²) in [5.74, 6) is 0. The maximum atomic E-state index is 6.23. The van der Waals surface area contributed by atoms with Crippen LogP contribution in [0.5, 0.6) is 0 Å². The topological polar surface area (TPSA) is 0 Å². The highest BCUT2D eigenvalue weighted by Gasteiger charge is 2.24. The van der Waals surface area contributed by atoms with Crippen molar-refractivity contribution < 1.29 is 0 Å². The van der Waals surface area contributed by atoms with E-state index in [1.54, 1.807) is 0 Å². The third-order valence-corrected chi connectivity index (χ3v) is 5.58. The molecule has 1 fully saturated rings. The molecule has 0 bridgehead atoms. The van der Waals surface area contributed by atoms with Crippen LogP contribution >= 0.6 is 18.5 Å². The zero-order valence-corrected chi connectivity index (χ0v) is 8.30. The van der Waals surface area contributed by atoms with E-state index in [-0.39, 0.29) is 7.27 Å². The van der Waals surface area contributed by atoms with Crippen LogP contribution in [0.2, 0.25) is 0 Å². The first-order chi connectivity index (χ1) is 4.84. The van der Waals surface area contributed by atoms with E-state index in [0.717, 1.165) is 5.66 Å². The minimum Gasteiger partial charge on any atom is -0.0961 e. The first-order valence-electron chi connectivity index (χ1n) is 4.27. The molecular formula is C8H16ClP. The maximum Gasteiger partial charge on any atom is -0.00656 e. The molecule has 0 spiro atoms. The van der Waals surface area contributed by atoms with Crippen molar-refractivity contribution in [2.75, 3.05) is 6.16 Å². The van der Waals surface area contributed by atoms with E-state index in [1.165, 1.54) is 38.3 Å². The molecule has 0 aromatic heterocycles.